The molecule has 0 spiro atoms. The molecule has 8 nitrogen and oxygen atoms in total. The minimum Gasteiger partial charge on any atom is -0.356 e. The van der Waals surface area contributed by atoms with E-state index in [0.717, 1.165) is 6.92 Å². The van der Waals surface area contributed by atoms with Gasteiger partial charge in [0.1, 0.15) is 5.82 Å². The van der Waals surface area contributed by atoms with Gasteiger partial charge >= 0.3 is 6.18 Å². The number of nitrogens with zero attached hydrogens (tertiary/aromatic N) is 3. The molecule has 1 aromatic carbocycles. The van der Waals surface area contributed by atoms with Crippen LogP contribution in [0, 0.1) is 6.92 Å². The van der Waals surface area contributed by atoms with Crippen LogP contribution >= 0.6 is 0 Å². The van der Waals surface area contributed by atoms with Gasteiger partial charge in [0.05, 0.1) is 28.3 Å². The minimum absolute atomic E-state index is 0.0701. The number of alkyl halides is 5. The number of pyridine rings is 1. The number of hydrogen-bond acceptors (Lipinski definition) is 6. The Balaban J connectivity index is 1.99. The minimum atomic E-state index is -4.80. The van der Waals surface area contributed by atoms with Gasteiger partial charge in [-0.3, -0.25) is 9.59 Å². The zero-order valence-corrected chi connectivity index (χ0v) is 20.9. The van der Waals surface area contributed by atoms with E-state index in [1.807, 2.05) is 0 Å². The molecule has 1 aromatic heterocycles. The summed E-state index contributed by atoms with van der Waals surface area (Å²) in [5.74, 6) is -4.64. The first-order valence-corrected chi connectivity index (χ1v) is 12.5. The van der Waals surface area contributed by atoms with Crippen LogP contribution in [0.15, 0.2) is 39.7 Å². The predicted octanol–water partition coefficient (Wildman–Crippen LogP) is 4.06. The van der Waals surface area contributed by atoms with Crippen LogP contribution in [0.4, 0.5) is 33.5 Å². The molecule has 0 saturated carbocycles. The van der Waals surface area contributed by atoms with Crippen LogP contribution in [0.1, 0.15) is 40.7 Å². The summed E-state index contributed by atoms with van der Waals surface area (Å²) in [7, 11) is -0.963. The normalized spacial score (nSPS) is 16.8. The molecule has 1 unspecified atom stereocenters. The number of thiol groups is 1. The Labute approximate surface area is 211 Å². The number of aromatic nitrogens is 1. The molecular formula is C23H26F5N5O3S. The van der Waals surface area contributed by atoms with Gasteiger partial charge in [-0.2, -0.15) is 17.5 Å². The third-order valence-corrected chi connectivity index (χ3v) is 6.85. The molecule has 2 aromatic rings. The molecule has 1 saturated heterocycles. The zero-order chi connectivity index (χ0) is 27.4. The van der Waals surface area contributed by atoms with Gasteiger partial charge in [-0.05, 0) is 44.2 Å². The molecule has 2 N–H and O–H groups in total. The van der Waals surface area contributed by atoms with Crippen molar-refractivity contribution < 1.29 is 35.8 Å². The van der Waals surface area contributed by atoms with E-state index in [-0.39, 0.29) is 48.9 Å². The molecule has 1 aliphatic heterocycles. The predicted molar refractivity (Wildman–Crippen MR) is 129 cm³/mol. The van der Waals surface area contributed by atoms with Crippen LogP contribution in [0.5, 0.6) is 0 Å². The van der Waals surface area contributed by atoms with Crippen molar-refractivity contribution in [1.82, 2.24) is 10.3 Å². The Bertz CT molecular complexity index is 1260. The number of benzene rings is 1. The maximum atomic E-state index is 13.9. The maximum Gasteiger partial charge on any atom is 0.418 e. The fraction of sp³-hybridized carbons (Fsp3) is 0.435. The molecule has 202 valence electrons. The second-order valence-corrected chi connectivity index (χ2v) is 9.75. The summed E-state index contributed by atoms with van der Waals surface area (Å²) in [5, 5.41) is 5.05. The lowest BCUT2D eigenvalue weighted by Gasteiger charge is -2.26. The van der Waals surface area contributed by atoms with E-state index in [1.54, 1.807) is 0 Å². The van der Waals surface area contributed by atoms with E-state index in [9.17, 15) is 35.8 Å². The molecule has 1 aliphatic rings. The summed E-state index contributed by atoms with van der Waals surface area (Å²) >= 11 is 0. The van der Waals surface area contributed by atoms with Crippen molar-refractivity contribution in [2.24, 2.45) is 4.36 Å². The van der Waals surface area contributed by atoms with E-state index in [4.69, 9.17) is 0 Å². The number of amides is 2. The number of anilines is 2. The lowest BCUT2D eigenvalue weighted by molar-refractivity contribution is -0.138. The fourth-order valence-corrected chi connectivity index (χ4v) is 4.76. The fourth-order valence-electron chi connectivity index (χ4n) is 3.90. The number of carbonyl (C=O) groups is 2. The highest BCUT2D eigenvalue weighted by Crippen LogP contribution is 2.37. The quantitative estimate of drug-likeness (QED) is 0.373. The highest BCUT2D eigenvalue weighted by molar-refractivity contribution is 7.75. The third-order valence-electron chi connectivity index (χ3n) is 5.72. The van der Waals surface area contributed by atoms with E-state index < -0.39 is 57.6 Å². The lowest BCUT2D eigenvalue weighted by atomic mass is 10.0. The Morgan fingerprint density at radius 2 is 1.95 bits per heavy atom. The number of rotatable bonds is 6. The first kappa shape index (κ1) is 28.4. The van der Waals surface area contributed by atoms with Gasteiger partial charge in [0.15, 0.2) is 0 Å². The lowest BCUT2D eigenvalue weighted by Crippen LogP contribution is -2.30. The van der Waals surface area contributed by atoms with Crippen molar-refractivity contribution in [1.29, 1.82) is 0 Å². The van der Waals surface area contributed by atoms with Crippen molar-refractivity contribution >= 4 is 33.9 Å². The Morgan fingerprint density at radius 1 is 1.22 bits per heavy atom. The average Bonchev–Trinajstić information content (AvgIpc) is 2.98. The van der Waals surface area contributed by atoms with Crippen molar-refractivity contribution in [3.05, 3.63) is 47.2 Å². The number of likely N-dealkylation sites (N-methyl/N-ethyl adjacent to an activating group) is 1. The highest BCUT2D eigenvalue weighted by Gasteiger charge is 2.38. The van der Waals surface area contributed by atoms with Gasteiger partial charge in [0, 0.05) is 42.7 Å². The summed E-state index contributed by atoms with van der Waals surface area (Å²) in [4.78, 5) is 30.3. The van der Waals surface area contributed by atoms with Crippen molar-refractivity contribution in [2.45, 2.75) is 43.2 Å². The summed E-state index contributed by atoms with van der Waals surface area (Å²) in [5.41, 5.74) is -1.84. The molecule has 1 atom stereocenters. The van der Waals surface area contributed by atoms with Gasteiger partial charge in [-0.15, -0.1) is 0 Å². The summed E-state index contributed by atoms with van der Waals surface area (Å²) in [6.07, 6.45) is -5.03. The molecule has 3 rings (SSSR count). The number of carbonyl (C=O) groups excluding carboxylic acids is 2. The van der Waals surface area contributed by atoms with Crippen molar-refractivity contribution in [3.8, 4) is 0 Å². The molecule has 37 heavy (non-hydrogen) atoms. The van der Waals surface area contributed by atoms with E-state index >= 15 is 0 Å². The van der Waals surface area contributed by atoms with E-state index in [0.29, 0.717) is 6.20 Å². The van der Waals surface area contributed by atoms with E-state index in [2.05, 4.69) is 20.0 Å². The maximum absolute atomic E-state index is 13.9. The van der Waals surface area contributed by atoms with Gasteiger partial charge in [-0.1, -0.05) is 6.07 Å². The Morgan fingerprint density at radius 3 is 2.62 bits per heavy atom. The standard InChI is InChI=1S/C23H26F5N5O3S/c1-14-17(23(26,27)28)12-30-20(33-9-4-7-22(24,25)8-10-33)19(14)21(35)31-15-5-3-6-16(11-15)37(36)32-18(34)13-29-2/h3,5-6,11-12,29,37H,4,7-10,13H2,1-2H3,(H,31,35). The monoisotopic (exact) mass is 547 g/mol. The molecule has 14 heteroatoms. The van der Waals surface area contributed by atoms with Crippen LogP contribution in [0.2, 0.25) is 0 Å². The van der Waals surface area contributed by atoms with Gasteiger partial charge in [0.2, 0.25) is 5.92 Å². The van der Waals surface area contributed by atoms with Crippen LogP contribution < -0.4 is 15.5 Å². The Hall–Kier alpha value is -3.13. The molecule has 0 radical (unpaired) electrons. The molecule has 1 fully saturated rings. The number of nitrogens with one attached hydrogen (secondary N) is 2. The van der Waals surface area contributed by atoms with Crippen molar-refractivity contribution in [3.63, 3.8) is 0 Å². The molecule has 0 aliphatic carbocycles. The van der Waals surface area contributed by atoms with Crippen LogP contribution in [-0.2, 0) is 21.6 Å². The number of halogens is 5. The highest BCUT2D eigenvalue weighted by atomic mass is 32.2. The molecule has 0 bridgehead atoms. The van der Waals surface area contributed by atoms with Crippen LogP contribution in [0.25, 0.3) is 0 Å². The zero-order valence-electron chi connectivity index (χ0n) is 20.0. The summed E-state index contributed by atoms with van der Waals surface area (Å²) in [6, 6.07) is 5.56. The molecule has 2 amide bonds. The molecule has 2 heterocycles. The first-order chi connectivity index (χ1) is 17.3. The first-order valence-electron chi connectivity index (χ1n) is 11.3. The third kappa shape index (κ3) is 7.22. The van der Waals surface area contributed by atoms with Gasteiger partial charge in [-0.25, -0.2) is 18.0 Å². The Kier molecular flexibility index (Phi) is 8.84. The van der Waals surface area contributed by atoms with Gasteiger partial charge < -0.3 is 15.5 Å². The average molecular weight is 548 g/mol. The summed E-state index contributed by atoms with van der Waals surface area (Å²) in [6.45, 7) is 0.897. The van der Waals surface area contributed by atoms with Crippen LogP contribution in [-0.4, -0.2) is 53.6 Å². The van der Waals surface area contributed by atoms with Crippen LogP contribution in [0.3, 0.4) is 0 Å². The SMILES string of the molecule is CNCC(=O)/N=[SH](=O)/c1cccc(NC(=O)c2c(N3CCCC(F)(F)CC3)ncc(C(F)(F)F)c2C)c1. The second-order valence-electron chi connectivity index (χ2n) is 8.49. The van der Waals surface area contributed by atoms with E-state index in [1.165, 1.54) is 36.2 Å². The topological polar surface area (TPSA) is 104 Å². The summed E-state index contributed by atoms with van der Waals surface area (Å²) < 4.78 is 84.6. The van der Waals surface area contributed by atoms with Gasteiger partial charge in [0.25, 0.3) is 11.8 Å². The largest absolute Gasteiger partial charge is 0.418 e. The van der Waals surface area contributed by atoms with Crippen molar-refractivity contribution in [2.75, 3.05) is 36.9 Å². The smallest absolute Gasteiger partial charge is 0.356 e. The molecular weight excluding hydrogens is 521 g/mol. The number of hydrogen-bond donors (Lipinski definition) is 3. The second kappa shape index (κ2) is 11.5.